The highest BCUT2D eigenvalue weighted by atomic mass is 16.6. The Morgan fingerprint density at radius 1 is 1.40 bits per heavy atom. The van der Waals surface area contributed by atoms with Crippen molar-refractivity contribution in [3.05, 3.63) is 0 Å². The van der Waals surface area contributed by atoms with E-state index in [0.29, 0.717) is 12.5 Å². The molecule has 4 heteroatoms. The summed E-state index contributed by atoms with van der Waals surface area (Å²) in [6.07, 6.45) is 3.72. The van der Waals surface area contributed by atoms with Crippen LogP contribution < -0.4 is 0 Å². The molecule has 0 radical (unpaired) electrons. The van der Waals surface area contributed by atoms with Gasteiger partial charge in [0, 0.05) is 19.7 Å². The molecule has 15 heavy (non-hydrogen) atoms. The highest BCUT2D eigenvalue weighted by Gasteiger charge is 2.26. The van der Waals surface area contributed by atoms with E-state index < -0.39 is 0 Å². The molecule has 0 aromatic rings. The SMILES string of the molecule is CCOC(=O)N(C)C1CCC(CO)CC1. The monoisotopic (exact) mass is 215 g/mol. The molecule has 1 N–H and O–H groups in total. The summed E-state index contributed by atoms with van der Waals surface area (Å²) in [5.41, 5.74) is 0. The van der Waals surface area contributed by atoms with Crippen LogP contribution in [-0.4, -0.2) is 42.4 Å². The van der Waals surface area contributed by atoms with Gasteiger partial charge in [-0.25, -0.2) is 4.79 Å². The molecular formula is C11H21NO3. The van der Waals surface area contributed by atoms with E-state index >= 15 is 0 Å². The molecule has 0 aliphatic heterocycles. The molecule has 4 nitrogen and oxygen atoms in total. The van der Waals surface area contributed by atoms with Crippen LogP contribution in [0.5, 0.6) is 0 Å². The van der Waals surface area contributed by atoms with E-state index in [1.807, 2.05) is 6.92 Å². The number of aliphatic hydroxyl groups excluding tert-OH is 1. The maximum atomic E-state index is 11.4. The Kier molecular flexibility index (Phi) is 4.88. The van der Waals surface area contributed by atoms with Crippen molar-refractivity contribution in [2.24, 2.45) is 5.92 Å². The highest BCUT2D eigenvalue weighted by Crippen LogP contribution is 2.26. The van der Waals surface area contributed by atoms with E-state index in [2.05, 4.69) is 0 Å². The lowest BCUT2D eigenvalue weighted by Gasteiger charge is -2.33. The third-order valence-electron chi connectivity index (χ3n) is 3.18. The Morgan fingerprint density at radius 3 is 2.47 bits per heavy atom. The van der Waals surface area contributed by atoms with Crippen LogP contribution >= 0.6 is 0 Å². The highest BCUT2D eigenvalue weighted by molar-refractivity contribution is 5.67. The molecule has 0 aromatic carbocycles. The predicted molar refractivity (Wildman–Crippen MR) is 57.6 cm³/mol. The van der Waals surface area contributed by atoms with Gasteiger partial charge in [0.05, 0.1) is 6.61 Å². The van der Waals surface area contributed by atoms with Gasteiger partial charge in [-0.15, -0.1) is 0 Å². The maximum absolute atomic E-state index is 11.4. The molecular weight excluding hydrogens is 194 g/mol. The first-order valence-corrected chi connectivity index (χ1v) is 5.69. The number of hydrogen-bond acceptors (Lipinski definition) is 3. The summed E-state index contributed by atoms with van der Waals surface area (Å²) in [6, 6.07) is 0.284. The lowest BCUT2D eigenvalue weighted by atomic mass is 9.86. The second-order valence-electron chi connectivity index (χ2n) is 4.17. The third-order valence-corrected chi connectivity index (χ3v) is 3.18. The van der Waals surface area contributed by atoms with E-state index in [1.165, 1.54) is 0 Å². The molecule has 1 aliphatic rings. The molecule has 1 rings (SSSR count). The van der Waals surface area contributed by atoms with Gasteiger partial charge in [0.2, 0.25) is 0 Å². The van der Waals surface area contributed by atoms with Crippen molar-refractivity contribution in [1.82, 2.24) is 4.90 Å². The van der Waals surface area contributed by atoms with Crippen molar-refractivity contribution in [3.8, 4) is 0 Å². The summed E-state index contributed by atoms with van der Waals surface area (Å²) in [5, 5.41) is 9.00. The van der Waals surface area contributed by atoms with Crippen LogP contribution in [0.2, 0.25) is 0 Å². The average Bonchev–Trinajstić information content (AvgIpc) is 2.28. The fraction of sp³-hybridized carbons (Fsp3) is 0.909. The molecule has 1 saturated carbocycles. The molecule has 0 aromatic heterocycles. The van der Waals surface area contributed by atoms with Gasteiger partial charge in [-0.2, -0.15) is 0 Å². The van der Waals surface area contributed by atoms with E-state index in [0.717, 1.165) is 25.7 Å². The summed E-state index contributed by atoms with van der Waals surface area (Å²) < 4.78 is 4.95. The quantitative estimate of drug-likeness (QED) is 0.778. The van der Waals surface area contributed by atoms with E-state index in [9.17, 15) is 4.79 Å². The van der Waals surface area contributed by atoms with Crippen molar-refractivity contribution in [3.63, 3.8) is 0 Å². The first kappa shape index (κ1) is 12.3. The molecule has 88 valence electrons. The molecule has 0 saturated heterocycles. The second-order valence-corrected chi connectivity index (χ2v) is 4.17. The largest absolute Gasteiger partial charge is 0.450 e. The first-order valence-electron chi connectivity index (χ1n) is 5.69. The first-order chi connectivity index (χ1) is 7.19. The lowest BCUT2D eigenvalue weighted by Crippen LogP contribution is -2.40. The normalized spacial score (nSPS) is 26.1. The molecule has 1 aliphatic carbocycles. The van der Waals surface area contributed by atoms with Crippen molar-refractivity contribution in [1.29, 1.82) is 0 Å². The number of nitrogens with zero attached hydrogens (tertiary/aromatic N) is 1. The predicted octanol–water partition coefficient (Wildman–Crippen LogP) is 1.63. The van der Waals surface area contributed by atoms with Gasteiger partial charge in [-0.3, -0.25) is 0 Å². The summed E-state index contributed by atoms with van der Waals surface area (Å²) >= 11 is 0. The van der Waals surface area contributed by atoms with Crippen LogP contribution in [0.15, 0.2) is 0 Å². The Bertz CT molecular complexity index is 200. The molecule has 1 fully saturated rings. The van der Waals surface area contributed by atoms with Gasteiger partial charge >= 0.3 is 6.09 Å². The summed E-state index contributed by atoms with van der Waals surface area (Å²) in [5.74, 6) is 0.428. The van der Waals surface area contributed by atoms with Crippen LogP contribution in [0.1, 0.15) is 32.6 Å². The molecule has 0 unspecified atom stereocenters. The lowest BCUT2D eigenvalue weighted by molar-refractivity contribution is 0.0822. The Labute approximate surface area is 91.2 Å². The number of carbonyl (C=O) groups is 1. The maximum Gasteiger partial charge on any atom is 0.409 e. The smallest absolute Gasteiger partial charge is 0.409 e. The molecule has 0 heterocycles. The molecule has 0 spiro atoms. The minimum Gasteiger partial charge on any atom is -0.450 e. The number of carbonyl (C=O) groups excluding carboxylic acids is 1. The van der Waals surface area contributed by atoms with Crippen LogP contribution in [-0.2, 0) is 4.74 Å². The Morgan fingerprint density at radius 2 is 2.00 bits per heavy atom. The summed E-state index contributed by atoms with van der Waals surface area (Å²) in [6.45, 7) is 2.51. The third kappa shape index (κ3) is 3.38. The molecule has 1 amide bonds. The van der Waals surface area contributed by atoms with Gasteiger partial charge in [0.1, 0.15) is 0 Å². The summed E-state index contributed by atoms with van der Waals surface area (Å²) in [4.78, 5) is 13.1. The zero-order chi connectivity index (χ0) is 11.3. The van der Waals surface area contributed by atoms with Gasteiger partial charge in [-0.05, 0) is 38.5 Å². The van der Waals surface area contributed by atoms with Gasteiger partial charge in [-0.1, -0.05) is 0 Å². The van der Waals surface area contributed by atoms with Crippen LogP contribution in [0.3, 0.4) is 0 Å². The number of aliphatic hydroxyl groups is 1. The summed E-state index contributed by atoms with van der Waals surface area (Å²) in [7, 11) is 1.79. The number of ether oxygens (including phenoxy) is 1. The Hall–Kier alpha value is -0.770. The van der Waals surface area contributed by atoms with Gasteiger partial charge < -0.3 is 14.7 Å². The zero-order valence-corrected chi connectivity index (χ0v) is 9.61. The van der Waals surface area contributed by atoms with Gasteiger partial charge in [0.15, 0.2) is 0 Å². The standard InChI is InChI=1S/C11H21NO3/c1-3-15-11(14)12(2)10-6-4-9(8-13)5-7-10/h9-10,13H,3-8H2,1-2H3. The van der Waals surface area contributed by atoms with Crippen LogP contribution in [0.25, 0.3) is 0 Å². The fourth-order valence-electron chi connectivity index (χ4n) is 2.09. The topological polar surface area (TPSA) is 49.8 Å². The van der Waals surface area contributed by atoms with E-state index in [-0.39, 0.29) is 18.7 Å². The van der Waals surface area contributed by atoms with E-state index in [1.54, 1.807) is 11.9 Å². The molecule has 0 atom stereocenters. The van der Waals surface area contributed by atoms with Crippen molar-refractivity contribution >= 4 is 6.09 Å². The number of hydrogen-bond donors (Lipinski definition) is 1. The zero-order valence-electron chi connectivity index (χ0n) is 9.61. The van der Waals surface area contributed by atoms with Crippen molar-refractivity contribution in [2.75, 3.05) is 20.3 Å². The van der Waals surface area contributed by atoms with Crippen LogP contribution in [0.4, 0.5) is 4.79 Å². The second kappa shape index (κ2) is 5.95. The van der Waals surface area contributed by atoms with Crippen LogP contribution in [0, 0.1) is 5.92 Å². The molecule has 0 bridgehead atoms. The Balaban J connectivity index is 2.35. The van der Waals surface area contributed by atoms with Gasteiger partial charge in [0.25, 0.3) is 0 Å². The number of amides is 1. The van der Waals surface area contributed by atoms with E-state index in [4.69, 9.17) is 9.84 Å². The fourth-order valence-corrected chi connectivity index (χ4v) is 2.09. The average molecular weight is 215 g/mol. The number of rotatable bonds is 3. The van der Waals surface area contributed by atoms with Crippen molar-refractivity contribution in [2.45, 2.75) is 38.6 Å². The minimum absolute atomic E-state index is 0.232. The van der Waals surface area contributed by atoms with Crippen molar-refractivity contribution < 1.29 is 14.6 Å². The minimum atomic E-state index is -0.232.